The van der Waals surface area contributed by atoms with Gasteiger partial charge in [0.1, 0.15) is 23.2 Å². The molecule has 1 aromatic heterocycles. The van der Waals surface area contributed by atoms with Gasteiger partial charge in [0.05, 0.1) is 23.9 Å². The van der Waals surface area contributed by atoms with E-state index in [2.05, 4.69) is 32.9 Å². The van der Waals surface area contributed by atoms with Gasteiger partial charge in [0.15, 0.2) is 17.5 Å². The van der Waals surface area contributed by atoms with Crippen molar-refractivity contribution >= 4 is 46.8 Å². The molecule has 202 valence electrons. The largest absolute Gasteiger partial charge is 0.491 e. The zero-order valence-electron chi connectivity index (χ0n) is 21.5. The van der Waals surface area contributed by atoms with Crippen LogP contribution in [0.5, 0.6) is 0 Å². The van der Waals surface area contributed by atoms with Crippen molar-refractivity contribution in [3.8, 4) is 0 Å². The van der Waals surface area contributed by atoms with Gasteiger partial charge in [-0.15, -0.1) is 5.73 Å². The van der Waals surface area contributed by atoms with Crippen LogP contribution >= 0.6 is 11.6 Å². The summed E-state index contributed by atoms with van der Waals surface area (Å²) in [6.07, 6.45) is 5.28. The summed E-state index contributed by atoms with van der Waals surface area (Å²) in [6.45, 7) is 7.01. The Morgan fingerprint density at radius 2 is 2.11 bits per heavy atom. The number of nitrogens with one attached hydrogen (secondary N) is 3. The first-order valence-electron chi connectivity index (χ1n) is 12.3. The lowest BCUT2D eigenvalue weighted by atomic mass is 9.83. The van der Waals surface area contributed by atoms with Gasteiger partial charge < -0.3 is 25.9 Å². The predicted molar refractivity (Wildman–Crippen MR) is 147 cm³/mol. The summed E-state index contributed by atoms with van der Waals surface area (Å²) in [7, 11) is 0. The number of hydrogen-bond donors (Lipinski definition) is 6. The molecule has 0 spiro atoms. The molecule has 3 heterocycles. The number of amides is 1. The van der Waals surface area contributed by atoms with E-state index in [0.717, 1.165) is 24.3 Å². The molecule has 4 rings (SSSR count). The topological polar surface area (TPSA) is 188 Å². The number of amidine groups is 1. The molecule has 0 saturated carbocycles. The van der Waals surface area contributed by atoms with Gasteiger partial charge in [0, 0.05) is 29.6 Å². The van der Waals surface area contributed by atoms with Crippen LogP contribution in [-0.2, 0) is 4.74 Å². The third-order valence-electron chi connectivity index (χ3n) is 6.89. The van der Waals surface area contributed by atoms with Crippen molar-refractivity contribution in [1.29, 1.82) is 5.41 Å². The number of hydrogen-bond acceptors (Lipinski definition) is 10. The maximum atomic E-state index is 11.1. The lowest BCUT2D eigenvalue weighted by Crippen LogP contribution is -2.53. The average Bonchev–Trinajstić information content (AvgIpc) is 2.85. The van der Waals surface area contributed by atoms with Gasteiger partial charge in [-0.3, -0.25) is 15.7 Å². The monoisotopic (exact) mass is 541 g/mol. The zero-order chi connectivity index (χ0) is 27.6. The minimum absolute atomic E-state index is 0.0109. The number of hydrazine groups is 1. The summed E-state index contributed by atoms with van der Waals surface area (Å²) >= 11 is 6.17. The number of aromatic nitrogens is 2. The molecular weight excluding hydrogens is 510 g/mol. The number of aliphatic imine (C=N–C) groups is 1. The number of carboxylic acid groups (broad SMARTS) is 1. The number of nitrogens with zero attached hydrogens (tertiary/aromatic N) is 4. The van der Waals surface area contributed by atoms with Gasteiger partial charge in [0.25, 0.3) is 0 Å². The van der Waals surface area contributed by atoms with Gasteiger partial charge in [-0.05, 0) is 38.8 Å². The number of nitrogen functional groups attached to an aromatic ring is 1. The van der Waals surface area contributed by atoms with Crippen LogP contribution in [0.4, 0.5) is 16.3 Å². The van der Waals surface area contributed by atoms with Crippen molar-refractivity contribution in [3.63, 3.8) is 0 Å². The van der Waals surface area contributed by atoms with Crippen molar-refractivity contribution in [2.75, 3.05) is 24.1 Å². The molecule has 0 bridgehead atoms. The van der Waals surface area contributed by atoms with Crippen LogP contribution < -0.4 is 22.2 Å². The number of carbonyl (C=O) groups is 1. The van der Waals surface area contributed by atoms with E-state index in [1.165, 1.54) is 0 Å². The maximum Gasteiger partial charge on any atom is 0.410 e. The van der Waals surface area contributed by atoms with Crippen molar-refractivity contribution in [3.05, 3.63) is 45.9 Å². The van der Waals surface area contributed by atoms with Crippen molar-refractivity contribution in [2.24, 2.45) is 22.7 Å². The highest BCUT2D eigenvalue weighted by Crippen LogP contribution is 2.41. The quantitative estimate of drug-likeness (QED) is 0.141. The lowest BCUT2D eigenvalue weighted by Gasteiger charge is -2.46. The van der Waals surface area contributed by atoms with Crippen LogP contribution in [0, 0.1) is 17.2 Å². The zero-order valence-corrected chi connectivity index (χ0v) is 22.2. The maximum absolute atomic E-state index is 11.1. The molecule has 0 unspecified atom stereocenters. The SMILES string of the molecule is C[C@@H]1CC[C@@H](CNc2c(N)nc(C(=N)NC(=O)O)nc2C2=C=C/C(Cl)=C\C/N=C\2)C2=C1O[C@H](C)[C@@H](C)N2N. The third-order valence-corrected chi connectivity index (χ3v) is 7.16. The van der Waals surface area contributed by atoms with Crippen molar-refractivity contribution in [1.82, 2.24) is 20.3 Å². The van der Waals surface area contributed by atoms with Crippen molar-refractivity contribution < 1.29 is 14.6 Å². The van der Waals surface area contributed by atoms with Crippen molar-refractivity contribution in [2.45, 2.75) is 45.8 Å². The van der Waals surface area contributed by atoms with E-state index < -0.39 is 11.9 Å². The second-order valence-electron chi connectivity index (χ2n) is 9.52. The number of nitrogens with two attached hydrogens (primary N) is 2. The Morgan fingerprint density at radius 3 is 2.84 bits per heavy atom. The summed E-state index contributed by atoms with van der Waals surface area (Å²) in [5, 5.41) is 24.7. The van der Waals surface area contributed by atoms with Gasteiger partial charge in [-0.1, -0.05) is 18.5 Å². The minimum atomic E-state index is -1.41. The van der Waals surface area contributed by atoms with Crippen LogP contribution in [0.1, 0.15) is 45.1 Å². The molecule has 3 aliphatic rings. The van der Waals surface area contributed by atoms with E-state index in [1.54, 1.807) is 18.4 Å². The lowest BCUT2D eigenvalue weighted by molar-refractivity contribution is -0.0122. The Bertz CT molecular complexity index is 1300. The van der Waals surface area contributed by atoms with Gasteiger partial charge in [-0.2, -0.15) is 0 Å². The van der Waals surface area contributed by atoms with Crippen LogP contribution in [-0.4, -0.2) is 63.5 Å². The first-order chi connectivity index (χ1) is 18.1. The number of halogens is 1. The number of ether oxygens (including phenoxy) is 1. The molecule has 13 heteroatoms. The molecule has 0 aromatic carbocycles. The summed E-state index contributed by atoms with van der Waals surface area (Å²) in [5.74, 6) is 7.10. The summed E-state index contributed by atoms with van der Waals surface area (Å²) in [5.41, 5.74) is 11.5. The molecular formula is C25H32ClN9O3. The Labute approximate surface area is 225 Å². The highest BCUT2D eigenvalue weighted by Gasteiger charge is 2.39. The molecule has 8 N–H and O–H groups in total. The molecule has 0 radical (unpaired) electrons. The average molecular weight is 542 g/mol. The Hall–Kier alpha value is -3.86. The third kappa shape index (κ3) is 5.67. The Morgan fingerprint density at radius 1 is 1.34 bits per heavy atom. The van der Waals surface area contributed by atoms with E-state index in [4.69, 9.17) is 38.4 Å². The highest BCUT2D eigenvalue weighted by atomic mass is 35.5. The normalized spacial score (nSPS) is 27.1. The standard InChI is InChI=1S/C25H32ClN9O3/c1-12-4-5-16(20-21(12)38-14(3)13(2)35(20)29)11-31-19-18(15-6-7-17(26)8-9-30-10-15)32-24(33-22(19)27)23(28)34-25(36)37/h7-8,10,12-14,16,31H,4-5,9,11,29H2,1-3H3,(H2,28,34)(H,36,37)(H2,27,32,33)/b17-8+,30-10-/t6?,12-,13-,14-,16+/m1/s1. The minimum Gasteiger partial charge on any atom is -0.491 e. The Kier molecular flexibility index (Phi) is 8.05. The second-order valence-corrected chi connectivity index (χ2v) is 9.96. The second kappa shape index (κ2) is 11.3. The molecule has 0 fully saturated rings. The molecule has 12 nitrogen and oxygen atoms in total. The van der Waals surface area contributed by atoms with E-state index >= 15 is 0 Å². The number of allylic oxidation sites excluding steroid dienone is 3. The first kappa shape index (κ1) is 27.2. The van der Waals surface area contributed by atoms with Crippen LogP contribution in [0.2, 0.25) is 0 Å². The van der Waals surface area contributed by atoms with Gasteiger partial charge in [-0.25, -0.2) is 20.6 Å². The fourth-order valence-electron chi connectivity index (χ4n) is 4.63. The molecule has 2 aliphatic heterocycles. The fraction of sp³-hybridized carbons (Fsp3) is 0.440. The molecule has 1 aromatic rings. The highest BCUT2D eigenvalue weighted by molar-refractivity contribution is 6.31. The van der Waals surface area contributed by atoms with Crippen LogP contribution in [0.15, 0.2) is 39.4 Å². The Balaban J connectivity index is 1.73. The summed E-state index contributed by atoms with van der Waals surface area (Å²) in [4.78, 5) is 24.0. The summed E-state index contributed by atoms with van der Waals surface area (Å²) in [6, 6.07) is 0.0109. The van der Waals surface area contributed by atoms with Gasteiger partial charge >= 0.3 is 6.09 Å². The fourth-order valence-corrected chi connectivity index (χ4v) is 4.76. The number of rotatable bonds is 5. The van der Waals surface area contributed by atoms with Gasteiger partial charge in [0.2, 0.25) is 0 Å². The molecule has 1 aliphatic carbocycles. The predicted octanol–water partition coefficient (Wildman–Crippen LogP) is 3.05. The smallest absolute Gasteiger partial charge is 0.410 e. The molecule has 0 saturated heterocycles. The molecule has 1 amide bonds. The molecule has 38 heavy (non-hydrogen) atoms. The van der Waals surface area contributed by atoms with E-state index in [9.17, 15) is 4.79 Å². The van der Waals surface area contributed by atoms with E-state index in [-0.39, 0.29) is 35.6 Å². The van der Waals surface area contributed by atoms with E-state index in [0.29, 0.717) is 35.1 Å². The first-order valence-corrected chi connectivity index (χ1v) is 12.7. The van der Waals surface area contributed by atoms with E-state index in [1.807, 2.05) is 24.2 Å². The summed E-state index contributed by atoms with van der Waals surface area (Å²) < 4.78 is 6.27. The molecule has 4 atom stereocenters. The van der Waals surface area contributed by atoms with Crippen LogP contribution in [0.25, 0.3) is 5.57 Å². The van der Waals surface area contributed by atoms with Crippen LogP contribution in [0.3, 0.4) is 0 Å². The number of anilines is 2.